The number of thioether (sulfide) groups is 2. The molecule has 1 nitrogen and oxygen atoms in total. The van der Waals surface area contributed by atoms with Gasteiger partial charge in [0.25, 0.3) is 0 Å². The molecule has 2 rings (SSSR count). The molecule has 4 heteroatoms. The van der Waals surface area contributed by atoms with Gasteiger partial charge in [0.2, 0.25) is 0 Å². The Hall–Kier alpha value is 0.360. The first kappa shape index (κ1) is 13.8. The van der Waals surface area contributed by atoms with Gasteiger partial charge in [-0.2, -0.15) is 0 Å². The Balaban J connectivity index is 2.46. The first-order valence-electron chi connectivity index (χ1n) is 5.81. The molecule has 0 heterocycles. The number of nitrogens with two attached hydrogens (primary N) is 1. The quantitative estimate of drug-likeness (QED) is 0.818. The maximum atomic E-state index is 6.53. The highest BCUT2D eigenvalue weighted by Gasteiger charge is 2.32. The van der Waals surface area contributed by atoms with Crippen LogP contribution in [0.2, 0.25) is 0 Å². The molecule has 0 unspecified atom stereocenters. The van der Waals surface area contributed by atoms with Crippen molar-refractivity contribution in [2.24, 2.45) is 5.73 Å². The number of halogens is 1. The Morgan fingerprint density at radius 3 is 2.35 bits per heavy atom. The topological polar surface area (TPSA) is 26.0 Å². The van der Waals surface area contributed by atoms with Gasteiger partial charge in [-0.05, 0) is 59.0 Å². The lowest BCUT2D eigenvalue weighted by atomic mass is 9.89. The van der Waals surface area contributed by atoms with Crippen molar-refractivity contribution in [3.05, 3.63) is 22.2 Å². The van der Waals surface area contributed by atoms with E-state index in [1.807, 2.05) is 0 Å². The van der Waals surface area contributed by atoms with E-state index < -0.39 is 0 Å². The Morgan fingerprint density at radius 2 is 1.82 bits per heavy atom. The molecule has 0 saturated heterocycles. The Morgan fingerprint density at radius 1 is 1.18 bits per heavy atom. The molecule has 0 aliphatic heterocycles. The monoisotopic (exact) mass is 331 g/mol. The first-order valence-corrected chi connectivity index (χ1v) is 9.06. The summed E-state index contributed by atoms with van der Waals surface area (Å²) in [6, 6.07) is 4.50. The fraction of sp³-hybridized carbons (Fsp3) is 0.538. The lowest BCUT2D eigenvalue weighted by Crippen LogP contribution is -2.33. The van der Waals surface area contributed by atoms with Gasteiger partial charge in [-0.15, -0.1) is 23.5 Å². The average molecular weight is 332 g/mol. The summed E-state index contributed by atoms with van der Waals surface area (Å²) in [5.74, 6) is 0. The zero-order valence-corrected chi connectivity index (χ0v) is 13.5. The van der Waals surface area contributed by atoms with Gasteiger partial charge in [0, 0.05) is 19.8 Å². The summed E-state index contributed by atoms with van der Waals surface area (Å²) in [5, 5.41) is 0. The van der Waals surface area contributed by atoms with Gasteiger partial charge in [0.15, 0.2) is 0 Å². The van der Waals surface area contributed by atoms with Gasteiger partial charge < -0.3 is 5.73 Å². The zero-order valence-electron chi connectivity index (χ0n) is 10.3. The van der Waals surface area contributed by atoms with Crippen LogP contribution in [0.3, 0.4) is 0 Å². The van der Waals surface area contributed by atoms with E-state index in [9.17, 15) is 0 Å². The van der Waals surface area contributed by atoms with Crippen molar-refractivity contribution in [3.8, 4) is 0 Å². The van der Waals surface area contributed by atoms with Gasteiger partial charge in [-0.25, -0.2) is 0 Å². The Bertz CT molecular complexity index is 414. The normalized spacial score (nSPS) is 18.6. The van der Waals surface area contributed by atoms with E-state index in [1.165, 1.54) is 32.7 Å². The van der Waals surface area contributed by atoms with Crippen LogP contribution < -0.4 is 5.73 Å². The zero-order chi connectivity index (χ0) is 12.5. The maximum absolute atomic E-state index is 6.53. The highest BCUT2D eigenvalue weighted by molar-refractivity contribution is 9.10. The molecule has 1 aliphatic rings. The van der Waals surface area contributed by atoms with Crippen molar-refractivity contribution in [2.45, 2.75) is 41.0 Å². The molecule has 94 valence electrons. The summed E-state index contributed by atoms with van der Waals surface area (Å²) < 4.78 is 1.18. The number of hydrogen-bond acceptors (Lipinski definition) is 3. The van der Waals surface area contributed by atoms with Crippen LogP contribution in [-0.4, -0.2) is 12.5 Å². The minimum atomic E-state index is -0.0933. The molecule has 1 saturated carbocycles. The molecular weight excluding hydrogens is 314 g/mol. The first-order chi connectivity index (χ1) is 8.10. The largest absolute Gasteiger partial charge is 0.321 e. The molecule has 0 spiro atoms. The van der Waals surface area contributed by atoms with Gasteiger partial charge in [-0.1, -0.05) is 12.8 Å². The SMILES string of the molecule is CSc1cc(C2(N)CCCC2)cc(Br)c1SC. The molecule has 0 bridgehead atoms. The third-order valence-electron chi connectivity index (χ3n) is 3.50. The van der Waals surface area contributed by atoms with Crippen LogP contribution in [0.25, 0.3) is 0 Å². The van der Waals surface area contributed by atoms with Crippen LogP contribution in [0.5, 0.6) is 0 Å². The number of benzene rings is 1. The molecule has 0 radical (unpaired) electrons. The van der Waals surface area contributed by atoms with E-state index >= 15 is 0 Å². The van der Waals surface area contributed by atoms with Crippen molar-refractivity contribution in [1.29, 1.82) is 0 Å². The second-order valence-corrected chi connectivity index (χ2v) is 7.08. The van der Waals surface area contributed by atoms with Crippen LogP contribution in [0.4, 0.5) is 0 Å². The third kappa shape index (κ3) is 2.70. The molecular formula is C13H18BrNS2. The maximum Gasteiger partial charge on any atom is 0.0410 e. The second kappa shape index (κ2) is 5.55. The third-order valence-corrected chi connectivity index (χ3v) is 6.13. The Kier molecular flexibility index (Phi) is 4.50. The van der Waals surface area contributed by atoms with Crippen LogP contribution in [-0.2, 0) is 5.54 Å². The van der Waals surface area contributed by atoms with Crippen LogP contribution >= 0.6 is 39.5 Å². The molecule has 0 aromatic heterocycles. The van der Waals surface area contributed by atoms with E-state index in [4.69, 9.17) is 5.73 Å². The molecule has 1 aromatic carbocycles. The average Bonchev–Trinajstić information content (AvgIpc) is 2.76. The predicted octanol–water partition coefficient (Wildman–Crippen LogP) is 4.62. The van der Waals surface area contributed by atoms with E-state index in [0.717, 1.165) is 12.8 Å². The smallest absolute Gasteiger partial charge is 0.0410 e. The van der Waals surface area contributed by atoms with Crippen molar-refractivity contribution in [2.75, 3.05) is 12.5 Å². The minimum absolute atomic E-state index is 0.0933. The van der Waals surface area contributed by atoms with Crippen LogP contribution in [0.15, 0.2) is 26.4 Å². The molecule has 0 atom stereocenters. The van der Waals surface area contributed by atoms with Gasteiger partial charge in [0.05, 0.1) is 0 Å². The summed E-state index contributed by atoms with van der Waals surface area (Å²) in [6.45, 7) is 0. The molecule has 1 aliphatic carbocycles. The van der Waals surface area contributed by atoms with E-state index in [1.54, 1.807) is 23.5 Å². The molecule has 1 aromatic rings. The van der Waals surface area contributed by atoms with Gasteiger partial charge >= 0.3 is 0 Å². The van der Waals surface area contributed by atoms with E-state index in [0.29, 0.717) is 0 Å². The van der Waals surface area contributed by atoms with E-state index in [-0.39, 0.29) is 5.54 Å². The van der Waals surface area contributed by atoms with Crippen LogP contribution in [0.1, 0.15) is 31.2 Å². The molecule has 17 heavy (non-hydrogen) atoms. The minimum Gasteiger partial charge on any atom is -0.321 e. The highest BCUT2D eigenvalue weighted by Crippen LogP contribution is 2.42. The van der Waals surface area contributed by atoms with Crippen molar-refractivity contribution >= 4 is 39.5 Å². The summed E-state index contributed by atoms with van der Waals surface area (Å²) >= 11 is 7.27. The fourth-order valence-corrected chi connectivity index (χ4v) is 5.13. The predicted molar refractivity (Wildman–Crippen MR) is 82.0 cm³/mol. The highest BCUT2D eigenvalue weighted by atomic mass is 79.9. The summed E-state index contributed by atoms with van der Waals surface area (Å²) in [7, 11) is 0. The van der Waals surface area contributed by atoms with Crippen molar-refractivity contribution < 1.29 is 0 Å². The van der Waals surface area contributed by atoms with Crippen molar-refractivity contribution in [3.63, 3.8) is 0 Å². The van der Waals surface area contributed by atoms with Gasteiger partial charge in [0.1, 0.15) is 0 Å². The molecule has 0 amide bonds. The van der Waals surface area contributed by atoms with E-state index in [2.05, 4.69) is 40.6 Å². The lowest BCUT2D eigenvalue weighted by Gasteiger charge is -2.26. The van der Waals surface area contributed by atoms with Crippen LogP contribution in [0, 0.1) is 0 Å². The standard InChI is InChI=1S/C13H18BrNS2/c1-16-11-8-9(7-10(14)12(11)17-2)13(15)5-3-4-6-13/h7-8H,3-6,15H2,1-2H3. The van der Waals surface area contributed by atoms with Crippen molar-refractivity contribution in [1.82, 2.24) is 0 Å². The number of hydrogen-bond donors (Lipinski definition) is 1. The Labute approximate surface area is 120 Å². The second-order valence-electron chi connectivity index (χ2n) is 4.56. The fourth-order valence-electron chi connectivity index (χ4n) is 2.50. The lowest BCUT2D eigenvalue weighted by molar-refractivity contribution is 0.460. The molecule has 1 fully saturated rings. The number of rotatable bonds is 3. The summed E-state index contributed by atoms with van der Waals surface area (Å²) in [4.78, 5) is 2.65. The summed E-state index contributed by atoms with van der Waals surface area (Å²) in [6.07, 6.45) is 8.99. The summed E-state index contributed by atoms with van der Waals surface area (Å²) in [5.41, 5.74) is 7.73. The van der Waals surface area contributed by atoms with Gasteiger partial charge in [-0.3, -0.25) is 0 Å². The molecule has 2 N–H and O–H groups in total.